The number of methoxy groups -OCH3 is 1. The van der Waals surface area contributed by atoms with Gasteiger partial charge in [-0.15, -0.1) is 0 Å². The third-order valence-electron chi connectivity index (χ3n) is 10.4. The zero-order valence-electron chi connectivity index (χ0n) is 30.9. The Kier molecular flexibility index (Phi) is 10.8. The molecule has 10 heteroatoms. The van der Waals surface area contributed by atoms with Crippen LogP contribution in [0.25, 0.3) is 16.7 Å². The minimum Gasteiger partial charge on any atom is -0.495 e. The molecule has 4 heterocycles. The van der Waals surface area contributed by atoms with E-state index in [1.165, 1.54) is 47.2 Å². The van der Waals surface area contributed by atoms with Crippen LogP contribution in [0, 0.1) is 0 Å². The summed E-state index contributed by atoms with van der Waals surface area (Å²) in [5.74, 6) is 1.22. The number of rotatable bonds is 12. The number of fused-ring (bicyclic) bond motifs is 2. The normalized spacial score (nSPS) is 18.4. The van der Waals surface area contributed by atoms with Crippen molar-refractivity contribution in [2.24, 2.45) is 19.1 Å². The number of anilines is 1. The number of aryl methyl sites for hydroxylation is 3. The molecule has 0 saturated carbocycles. The maximum atomic E-state index is 13.2. The van der Waals surface area contributed by atoms with Gasteiger partial charge in [-0.1, -0.05) is 56.2 Å². The van der Waals surface area contributed by atoms with Gasteiger partial charge in [-0.3, -0.25) is 14.2 Å². The molecule has 0 unspecified atom stereocenters. The fourth-order valence-corrected chi connectivity index (χ4v) is 7.53. The number of benzene rings is 2. The fourth-order valence-electron chi connectivity index (χ4n) is 7.53. The molecule has 1 aliphatic carbocycles. The topological polar surface area (TPSA) is 102 Å². The summed E-state index contributed by atoms with van der Waals surface area (Å²) in [5, 5.41) is 16.0. The molecule has 0 atom stereocenters. The standard InChI is InChI=1S/C42H50N8O2/c1-5-6-7-20-50-21-18-34(19-22-50)45-42(51)31-14-16-36(39(25-31)52-4)46-40-13-9-12-35-32(26-43-40)15-17-37-41(35)38(49(3)47-37)24-29-10-8-11-30(23-29)33-27-44-48(2)28-33/h8-14,16,23,25-28,34H,5-7,15,17-22,24H2,1-4H3,(H,43,46)(H,45,51). The number of carbonyl (C=O) groups excluding carboxylic acids is 1. The van der Waals surface area contributed by atoms with E-state index in [4.69, 9.17) is 14.8 Å². The van der Waals surface area contributed by atoms with E-state index in [-0.39, 0.29) is 11.9 Å². The summed E-state index contributed by atoms with van der Waals surface area (Å²) in [4.78, 5) is 20.6. The maximum Gasteiger partial charge on any atom is 0.251 e. The van der Waals surface area contributed by atoms with E-state index in [2.05, 4.69) is 57.9 Å². The summed E-state index contributed by atoms with van der Waals surface area (Å²) in [6, 6.07) is 14.4. The predicted molar refractivity (Wildman–Crippen MR) is 209 cm³/mol. The Labute approximate surface area is 307 Å². The second kappa shape index (κ2) is 16.0. The molecule has 4 aromatic rings. The van der Waals surface area contributed by atoms with Gasteiger partial charge in [0.2, 0.25) is 0 Å². The third-order valence-corrected chi connectivity index (χ3v) is 10.4. The number of likely N-dealkylation sites (tertiary alicyclic amines) is 1. The predicted octanol–water partition coefficient (Wildman–Crippen LogP) is 7.10. The van der Waals surface area contributed by atoms with Crippen molar-refractivity contribution >= 4 is 23.4 Å². The van der Waals surface area contributed by atoms with Crippen molar-refractivity contribution in [1.29, 1.82) is 0 Å². The second-order valence-corrected chi connectivity index (χ2v) is 14.1. The molecule has 52 heavy (non-hydrogen) atoms. The van der Waals surface area contributed by atoms with Crippen molar-refractivity contribution in [3.63, 3.8) is 0 Å². The highest BCUT2D eigenvalue weighted by Crippen LogP contribution is 2.36. The molecule has 0 bridgehead atoms. The van der Waals surface area contributed by atoms with Crippen LogP contribution in [0.5, 0.6) is 5.75 Å². The molecule has 2 aromatic carbocycles. The van der Waals surface area contributed by atoms with Gasteiger partial charge in [0.25, 0.3) is 5.91 Å². The number of aromatic nitrogens is 4. The lowest BCUT2D eigenvalue weighted by Crippen LogP contribution is -2.44. The van der Waals surface area contributed by atoms with Crippen molar-refractivity contribution < 1.29 is 9.53 Å². The van der Waals surface area contributed by atoms with Crippen molar-refractivity contribution in [3.8, 4) is 16.9 Å². The van der Waals surface area contributed by atoms with Gasteiger partial charge >= 0.3 is 0 Å². The Balaban J connectivity index is 1.02. The first-order valence-electron chi connectivity index (χ1n) is 18.7. The lowest BCUT2D eigenvalue weighted by atomic mass is 9.86. The minimum absolute atomic E-state index is 0.0625. The molecule has 270 valence electrons. The quantitative estimate of drug-likeness (QED) is 0.153. The molecule has 3 aliphatic rings. The molecule has 10 nitrogen and oxygen atoms in total. The largest absolute Gasteiger partial charge is 0.495 e. The molecule has 2 aliphatic heterocycles. The van der Waals surface area contributed by atoms with Crippen LogP contribution in [0.1, 0.15) is 78.3 Å². The summed E-state index contributed by atoms with van der Waals surface area (Å²) in [5.41, 5.74) is 10.7. The summed E-state index contributed by atoms with van der Waals surface area (Å²) < 4.78 is 9.61. The van der Waals surface area contributed by atoms with E-state index >= 15 is 0 Å². The number of carbonyl (C=O) groups is 1. The van der Waals surface area contributed by atoms with Crippen LogP contribution in [0.3, 0.4) is 0 Å². The van der Waals surface area contributed by atoms with Crippen LogP contribution in [0.4, 0.5) is 5.69 Å². The summed E-state index contributed by atoms with van der Waals surface area (Å²) >= 11 is 0. The van der Waals surface area contributed by atoms with Gasteiger partial charge in [-0.25, -0.2) is 4.99 Å². The fraction of sp³-hybridized carbons (Fsp3) is 0.381. The van der Waals surface area contributed by atoms with Gasteiger partial charge in [0.1, 0.15) is 11.6 Å². The smallest absolute Gasteiger partial charge is 0.251 e. The average molecular weight is 699 g/mol. The number of amides is 1. The van der Waals surface area contributed by atoms with Gasteiger partial charge in [0.15, 0.2) is 0 Å². The summed E-state index contributed by atoms with van der Waals surface area (Å²) in [6.45, 7) is 5.47. The van der Waals surface area contributed by atoms with Crippen LogP contribution in [-0.2, 0) is 26.9 Å². The van der Waals surface area contributed by atoms with Gasteiger partial charge < -0.3 is 20.3 Å². The molecule has 2 N–H and O–H groups in total. The summed E-state index contributed by atoms with van der Waals surface area (Å²) in [6.07, 6.45) is 20.3. The van der Waals surface area contributed by atoms with Gasteiger partial charge in [-0.05, 0) is 85.2 Å². The number of nitrogens with one attached hydrogen (secondary N) is 2. The highest BCUT2D eigenvalue weighted by molar-refractivity contribution is 5.98. The Morgan fingerprint density at radius 3 is 2.69 bits per heavy atom. The van der Waals surface area contributed by atoms with Gasteiger partial charge in [0.05, 0.1) is 30.4 Å². The van der Waals surface area contributed by atoms with E-state index in [1.54, 1.807) is 13.2 Å². The van der Waals surface area contributed by atoms with E-state index in [9.17, 15) is 4.79 Å². The van der Waals surface area contributed by atoms with E-state index < -0.39 is 0 Å². The Bertz CT molecular complexity index is 2040. The first kappa shape index (κ1) is 35.2. The molecule has 0 radical (unpaired) electrons. The van der Waals surface area contributed by atoms with E-state index in [0.29, 0.717) is 17.1 Å². The summed E-state index contributed by atoms with van der Waals surface area (Å²) in [7, 11) is 5.61. The molecule has 7 rings (SSSR count). The van der Waals surface area contributed by atoms with Crippen molar-refractivity contribution in [2.45, 2.75) is 64.3 Å². The van der Waals surface area contributed by atoms with Gasteiger partial charge in [-0.2, -0.15) is 10.2 Å². The monoisotopic (exact) mass is 698 g/mol. The zero-order chi connectivity index (χ0) is 36.0. The number of piperidine rings is 1. The minimum atomic E-state index is -0.0625. The molecular formula is C42H50N8O2. The average Bonchev–Trinajstić information content (AvgIpc) is 3.72. The molecule has 1 saturated heterocycles. The van der Waals surface area contributed by atoms with E-state index in [0.717, 1.165) is 74.2 Å². The third kappa shape index (κ3) is 7.97. The Hall–Kier alpha value is -5.22. The second-order valence-electron chi connectivity index (χ2n) is 14.1. The number of allylic oxidation sites excluding steroid dienone is 5. The van der Waals surface area contributed by atoms with Crippen LogP contribution in [0.2, 0.25) is 0 Å². The number of unbranched alkanes of at least 4 members (excludes halogenated alkanes) is 2. The first-order chi connectivity index (χ1) is 25.4. The van der Waals surface area contributed by atoms with Crippen molar-refractivity contribution in [2.75, 3.05) is 32.1 Å². The lowest BCUT2D eigenvalue weighted by Gasteiger charge is -2.32. The number of ether oxygens (including phenoxy) is 1. The number of hydrogen-bond donors (Lipinski definition) is 2. The van der Waals surface area contributed by atoms with Crippen LogP contribution < -0.4 is 15.4 Å². The highest BCUT2D eigenvalue weighted by atomic mass is 16.5. The number of aliphatic imine (C=N–C) groups is 1. The Morgan fingerprint density at radius 1 is 1.04 bits per heavy atom. The van der Waals surface area contributed by atoms with Crippen LogP contribution in [0.15, 0.2) is 89.5 Å². The van der Waals surface area contributed by atoms with Crippen molar-refractivity contribution in [1.82, 2.24) is 29.8 Å². The number of nitrogens with zero attached hydrogens (tertiary/aromatic N) is 6. The van der Waals surface area contributed by atoms with E-state index in [1.807, 2.05) is 66.4 Å². The lowest BCUT2D eigenvalue weighted by molar-refractivity contribution is 0.0910. The van der Waals surface area contributed by atoms with Crippen molar-refractivity contribution in [3.05, 3.63) is 113 Å². The molecule has 2 aromatic heterocycles. The molecule has 1 amide bonds. The maximum absolute atomic E-state index is 13.2. The number of hydrogen-bond acceptors (Lipinski definition) is 7. The molecule has 1 fully saturated rings. The first-order valence-corrected chi connectivity index (χ1v) is 18.7. The van der Waals surface area contributed by atoms with Gasteiger partial charge in [0, 0.05) is 68.7 Å². The molecular weight excluding hydrogens is 649 g/mol. The SMILES string of the molecule is CCCCCN1CCC(NC(=O)c2ccc(NC3=C/C=C/C4=C(/C=N\3)CCc3nn(C)c(Cc5cccc(-c6cnn(C)c6)c5)c34)c(OC)c2)CC1. The zero-order valence-corrected chi connectivity index (χ0v) is 30.9. The molecule has 0 spiro atoms. The highest BCUT2D eigenvalue weighted by Gasteiger charge is 2.26. The Morgan fingerprint density at radius 2 is 1.90 bits per heavy atom. The van der Waals surface area contributed by atoms with Crippen LogP contribution in [-0.4, -0.2) is 69.4 Å². The van der Waals surface area contributed by atoms with Crippen LogP contribution >= 0.6 is 0 Å².